The molecule has 2 rings (SSSR count). The van der Waals surface area contributed by atoms with Crippen LogP contribution in [0.25, 0.3) is 0 Å². The maximum absolute atomic E-state index is 12.2. The van der Waals surface area contributed by atoms with Gasteiger partial charge >= 0.3 is 5.97 Å². The number of piperidine rings is 1. The molecule has 1 amide bonds. The summed E-state index contributed by atoms with van der Waals surface area (Å²) in [4.78, 5) is 24.6. The van der Waals surface area contributed by atoms with E-state index in [2.05, 4.69) is 0 Å². The summed E-state index contributed by atoms with van der Waals surface area (Å²) in [6, 6.07) is 7.04. The Hall–Kier alpha value is -1.75. The van der Waals surface area contributed by atoms with Crippen LogP contribution in [0.3, 0.4) is 0 Å². The third-order valence-electron chi connectivity index (χ3n) is 3.83. The lowest BCUT2D eigenvalue weighted by Crippen LogP contribution is -2.42. The minimum atomic E-state index is -0.787. The Morgan fingerprint density at radius 1 is 1.36 bits per heavy atom. The Kier molecular flexibility index (Phi) is 6.07. The molecule has 1 saturated heterocycles. The van der Waals surface area contributed by atoms with E-state index in [1.807, 2.05) is 0 Å². The average Bonchev–Trinajstić information content (AvgIpc) is 2.52. The van der Waals surface area contributed by atoms with Gasteiger partial charge in [0.15, 0.2) is 6.61 Å². The zero-order valence-electron chi connectivity index (χ0n) is 12.3. The second kappa shape index (κ2) is 8.03. The third kappa shape index (κ3) is 4.91. The number of hydrogen-bond acceptors (Lipinski definition) is 3. The summed E-state index contributed by atoms with van der Waals surface area (Å²) in [5, 5.41) is 9.22. The van der Waals surface area contributed by atoms with Gasteiger partial charge in [-0.3, -0.25) is 9.59 Å². The van der Waals surface area contributed by atoms with Gasteiger partial charge in [-0.15, -0.1) is 0 Å². The van der Waals surface area contributed by atoms with Crippen molar-refractivity contribution in [1.82, 2.24) is 4.90 Å². The Bertz CT molecular complexity index is 535. The number of likely N-dealkylation sites (tertiary alicyclic amines) is 1. The van der Waals surface area contributed by atoms with E-state index in [1.54, 1.807) is 29.2 Å². The number of rotatable bonds is 6. The first-order valence-corrected chi connectivity index (χ1v) is 7.81. The smallest absolute Gasteiger partial charge is 0.303 e. The van der Waals surface area contributed by atoms with E-state index < -0.39 is 5.97 Å². The van der Waals surface area contributed by atoms with Crippen LogP contribution >= 0.6 is 11.6 Å². The van der Waals surface area contributed by atoms with Crippen LogP contribution in [0, 0.1) is 5.92 Å². The van der Waals surface area contributed by atoms with Crippen molar-refractivity contribution in [2.45, 2.75) is 25.7 Å². The minimum absolute atomic E-state index is 0.0462. The summed E-state index contributed by atoms with van der Waals surface area (Å²) >= 11 is 5.98. The predicted octanol–water partition coefficient (Wildman–Crippen LogP) is 2.82. The molecule has 1 fully saturated rings. The first-order chi connectivity index (χ1) is 10.6. The largest absolute Gasteiger partial charge is 0.482 e. The summed E-state index contributed by atoms with van der Waals surface area (Å²) in [6.07, 6.45) is 2.65. The first-order valence-electron chi connectivity index (χ1n) is 7.43. The quantitative estimate of drug-likeness (QED) is 0.873. The molecule has 1 aromatic carbocycles. The molecule has 0 bridgehead atoms. The molecule has 22 heavy (non-hydrogen) atoms. The lowest BCUT2D eigenvalue weighted by Gasteiger charge is -2.32. The van der Waals surface area contributed by atoms with Crippen molar-refractivity contribution in [3.8, 4) is 5.75 Å². The third-order valence-corrected chi connectivity index (χ3v) is 4.14. The number of carbonyl (C=O) groups excluding carboxylic acids is 1. The molecule has 0 aliphatic carbocycles. The van der Waals surface area contributed by atoms with Crippen LogP contribution in [0.5, 0.6) is 5.75 Å². The van der Waals surface area contributed by atoms with E-state index in [0.29, 0.717) is 30.3 Å². The van der Waals surface area contributed by atoms with Gasteiger partial charge in [0.2, 0.25) is 0 Å². The molecule has 0 spiro atoms. The molecule has 1 aliphatic heterocycles. The maximum atomic E-state index is 12.2. The summed E-state index contributed by atoms with van der Waals surface area (Å²) in [5.74, 6) is -0.114. The molecular weight excluding hydrogens is 306 g/mol. The van der Waals surface area contributed by atoms with Crippen LogP contribution in [-0.2, 0) is 9.59 Å². The number of ether oxygens (including phenoxy) is 1. The highest BCUT2D eigenvalue weighted by atomic mass is 35.5. The van der Waals surface area contributed by atoms with E-state index in [-0.39, 0.29) is 24.9 Å². The van der Waals surface area contributed by atoms with E-state index in [4.69, 9.17) is 21.4 Å². The van der Waals surface area contributed by atoms with E-state index >= 15 is 0 Å². The molecule has 1 heterocycles. The maximum Gasteiger partial charge on any atom is 0.303 e. The van der Waals surface area contributed by atoms with Gasteiger partial charge in [-0.1, -0.05) is 23.7 Å². The summed E-state index contributed by atoms with van der Waals surface area (Å²) in [7, 11) is 0. The van der Waals surface area contributed by atoms with Crippen molar-refractivity contribution in [2.24, 2.45) is 5.92 Å². The molecule has 0 radical (unpaired) electrons. The van der Waals surface area contributed by atoms with Gasteiger partial charge in [0.25, 0.3) is 5.91 Å². The number of halogens is 1. The minimum Gasteiger partial charge on any atom is -0.482 e. The summed E-state index contributed by atoms with van der Waals surface area (Å²) in [5.41, 5.74) is 0. The predicted molar refractivity (Wildman–Crippen MR) is 83.1 cm³/mol. The Labute approximate surface area is 134 Å². The number of nitrogens with zero attached hydrogens (tertiary/aromatic N) is 1. The van der Waals surface area contributed by atoms with Crippen molar-refractivity contribution in [2.75, 3.05) is 19.7 Å². The first kappa shape index (κ1) is 16.6. The molecule has 120 valence electrons. The summed E-state index contributed by atoms with van der Waals surface area (Å²) in [6.45, 7) is 1.27. The normalized spacial score (nSPS) is 18.0. The van der Waals surface area contributed by atoms with Crippen LogP contribution in [0.15, 0.2) is 24.3 Å². The highest BCUT2D eigenvalue weighted by Crippen LogP contribution is 2.24. The molecule has 5 nitrogen and oxygen atoms in total. The molecule has 0 aromatic heterocycles. The average molecular weight is 326 g/mol. The van der Waals surface area contributed by atoms with Gasteiger partial charge in [-0.2, -0.15) is 0 Å². The fraction of sp³-hybridized carbons (Fsp3) is 0.500. The van der Waals surface area contributed by atoms with Crippen LogP contribution in [0.1, 0.15) is 25.7 Å². The number of benzene rings is 1. The van der Waals surface area contributed by atoms with Gasteiger partial charge < -0.3 is 14.7 Å². The van der Waals surface area contributed by atoms with Crippen LogP contribution in [0.2, 0.25) is 5.02 Å². The van der Waals surface area contributed by atoms with Gasteiger partial charge in [-0.25, -0.2) is 0 Å². The highest BCUT2D eigenvalue weighted by molar-refractivity contribution is 6.32. The Morgan fingerprint density at radius 2 is 2.14 bits per heavy atom. The van der Waals surface area contributed by atoms with Gasteiger partial charge in [-0.05, 0) is 37.3 Å². The van der Waals surface area contributed by atoms with Crippen molar-refractivity contribution in [3.63, 3.8) is 0 Å². The fourth-order valence-corrected chi connectivity index (χ4v) is 2.84. The molecular formula is C16H20ClNO4. The molecule has 1 aromatic rings. The number of para-hydroxylation sites is 1. The van der Waals surface area contributed by atoms with E-state index in [9.17, 15) is 9.59 Å². The number of carboxylic acid groups (broad SMARTS) is 1. The highest BCUT2D eigenvalue weighted by Gasteiger charge is 2.24. The van der Waals surface area contributed by atoms with Crippen molar-refractivity contribution in [1.29, 1.82) is 0 Å². The lowest BCUT2D eigenvalue weighted by atomic mass is 9.93. The molecule has 0 unspecified atom stereocenters. The van der Waals surface area contributed by atoms with Gasteiger partial charge in [0, 0.05) is 19.5 Å². The second-order valence-corrected chi connectivity index (χ2v) is 5.91. The summed E-state index contributed by atoms with van der Waals surface area (Å²) < 4.78 is 5.47. The van der Waals surface area contributed by atoms with Gasteiger partial charge in [0.05, 0.1) is 5.02 Å². The monoisotopic (exact) mass is 325 g/mol. The zero-order valence-corrected chi connectivity index (χ0v) is 13.1. The lowest BCUT2D eigenvalue weighted by molar-refractivity contribution is -0.137. The van der Waals surface area contributed by atoms with Crippen LogP contribution in [0.4, 0.5) is 0 Å². The van der Waals surface area contributed by atoms with Crippen molar-refractivity contribution in [3.05, 3.63) is 29.3 Å². The molecule has 6 heteroatoms. The number of aliphatic carboxylic acids is 1. The van der Waals surface area contributed by atoms with Gasteiger partial charge in [0.1, 0.15) is 5.75 Å². The van der Waals surface area contributed by atoms with E-state index in [0.717, 1.165) is 12.8 Å². The Morgan fingerprint density at radius 3 is 2.86 bits per heavy atom. The molecule has 1 atom stereocenters. The number of hydrogen-bond donors (Lipinski definition) is 1. The zero-order chi connectivity index (χ0) is 15.9. The Balaban J connectivity index is 1.81. The number of carbonyl (C=O) groups is 2. The number of amides is 1. The van der Waals surface area contributed by atoms with Crippen molar-refractivity contribution >= 4 is 23.5 Å². The molecule has 1 N–H and O–H groups in total. The fourth-order valence-electron chi connectivity index (χ4n) is 2.65. The SMILES string of the molecule is O=C(O)CC[C@H]1CCCN(C(=O)COc2ccccc2Cl)C1. The van der Waals surface area contributed by atoms with E-state index in [1.165, 1.54) is 0 Å². The molecule has 0 saturated carbocycles. The molecule has 1 aliphatic rings. The van der Waals surface area contributed by atoms with Crippen molar-refractivity contribution < 1.29 is 19.4 Å². The van der Waals surface area contributed by atoms with Crippen LogP contribution in [-0.4, -0.2) is 41.6 Å². The second-order valence-electron chi connectivity index (χ2n) is 5.50. The topological polar surface area (TPSA) is 66.8 Å². The number of carboxylic acids is 1. The standard InChI is InChI=1S/C16H20ClNO4/c17-13-5-1-2-6-14(13)22-11-15(19)18-9-3-4-12(10-18)7-8-16(20)21/h1-2,5-6,12H,3-4,7-11H2,(H,20,21)/t12-/m1/s1. The van der Waals surface area contributed by atoms with Crippen LogP contribution < -0.4 is 4.74 Å².